The summed E-state index contributed by atoms with van der Waals surface area (Å²) >= 11 is 1.16. The number of anilines is 2. The van der Waals surface area contributed by atoms with Crippen molar-refractivity contribution in [2.75, 3.05) is 18.2 Å². The highest BCUT2D eigenvalue weighted by Crippen LogP contribution is 2.33. The number of hydrogen-bond acceptors (Lipinski definition) is 4. The number of carbonyl (C=O) groups is 1. The van der Waals surface area contributed by atoms with Crippen molar-refractivity contribution in [2.24, 2.45) is 0 Å². The van der Waals surface area contributed by atoms with Gasteiger partial charge in [-0.25, -0.2) is 0 Å². The van der Waals surface area contributed by atoms with E-state index in [1.54, 1.807) is 11.4 Å². The van der Waals surface area contributed by atoms with E-state index in [4.69, 9.17) is 10.5 Å². The molecule has 0 atom stereocenters. The van der Waals surface area contributed by atoms with Crippen molar-refractivity contribution in [1.82, 2.24) is 0 Å². The molecule has 0 saturated carbocycles. The van der Waals surface area contributed by atoms with Crippen LogP contribution in [-0.2, 0) is 6.18 Å². The average molecular weight is 316 g/mol. The highest BCUT2D eigenvalue weighted by molar-refractivity contribution is 7.12. The fourth-order valence-corrected chi connectivity index (χ4v) is 2.41. The summed E-state index contributed by atoms with van der Waals surface area (Å²) in [6.45, 7) is 0. The molecule has 1 heterocycles. The van der Waals surface area contributed by atoms with Gasteiger partial charge < -0.3 is 15.8 Å². The van der Waals surface area contributed by atoms with E-state index in [-0.39, 0.29) is 11.4 Å². The first-order valence-corrected chi connectivity index (χ1v) is 6.60. The van der Waals surface area contributed by atoms with Crippen LogP contribution in [0.5, 0.6) is 5.75 Å². The van der Waals surface area contributed by atoms with Gasteiger partial charge in [0.05, 0.1) is 24.0 Å². The van der Waals surface area contributed by atoms with Crippen molar-refractivity contribution in [2.45, 2.75) is 6.18 Å². The highest BCUT2D eigenvalue weighted by atomic mass is 32.1. The zero-order chi connectivity index (χ0) is 15.6. The summed E-state index contributed by atoms with van der Waals surface area (Å²) in [6.07, 6.45) is -4.48. The molecule has 4 nitrogen and oxygen atoms in total. The lowest BCUT2D eigenvalue weighted by atomic mass is 10.1. The minimum absolute atomic E-state index is 0.114. The first kappa shape index (κ1) is 15.2. The maximum Gasteiger partial charge on any atom is 0.416 e. The molecular formula is C13H11F3N2O2S. The van der Waals surface area contributed by atoms with Gasteiger partial charge in [-0.1, -0.05) is 0 Å². The number of ether oxygens (including phenoxy) is 1. The van der Waals surface area contributed by atoms with Crippen LogP contribution < -0.4 is 15.8 Å². The molecule has 0 radical (unpaired) electrons. The van der Waals surface area contributed by atoms with Crippen LogP contribution in [0.25, 0.3) is 0 Å². The molecule has 0 aliphatic rings. The Morgan fingerprint density at radius 3 is 2.62 bits per heavy atom. The molecule has 0 spiro atoms. The van der Waals surface area contributed by atoms with Crippen LogP contribution in [0.4, 0.5) is 24.5 Å². The van der Waals surface area contributed by atoms with Crippen molar-refractivity contribution in [3.05, 3.63) is 40.1 Å². The lowest BCUT2D eigenvalue weighted by Crippen LogP contribution is -2.13. The number of halogens is 3. The monoisotopic (exact) mass is 316 g/mol. The fraction of sp³-hybridized carbons (Fsp3) is 0.154. The summed E-state index contributed by atoms with van der Waals surface area (Å²) in [5, 5.41) is 4.14. The normalized spacial score (nSPS) is 11.2. The number of amides is 1. The van der Waals surface area contributed by atoms with Crippen LogP contribution in [0.2, 0.25) is 0 Å². The Labute approximate surface area is 122 Å². The van der Waals surface area contributed by atoms with Crippen LogP contribution in [-0.4, -0.2) is 13.0 Å². The molecule has 0 saturated heterocycles. The van der Waals surface area contributed by atoms with Crippen molar-refractivity contribution < 1.29 is 22.7 Å². The number of nitrogens with two attached hydrogens (primary N) is 1. The van der Waals surface area contributed by atoms with E-state index < -0.39 is 17.6 Å². The van der Waals surface area contributed by atoms with Gasteiger partial charge in [0.15, 0.2) is 0 Å². The predicted octanol–water partition coefficient (Wildman–Crippen LogP) is 3.61. The summed E-state index contributed by atoms with van der Waals surface area (Å²) in [6, 6.07) is 4.38. The minimum Gasteiger partial charge on any atom is -0.495 e. The van der Waals surface area contributed by atoms with Crippen molar-refractivity contribution in [1.29, 1.82) is 0 Å². The smallest absolute Gasteiger partial charge is 0.416 e. The second kappa shape index (κ2) is 5.65. The zero-order valence-electron chi connectivity index (χ0n) is 10.8. The maximum absolute atomic E-state index is 12.5. The number of carbonyl (C=O) groups excluding carboxylic acids is 1. The SMILES string of the molecule is COc1ccsc1C(=O)Nc1ccc(C(F)(F)F)cc1N. The van der Waals surface area contributed by atoms with Crippen molar-refractivity contribution >= 4 is 28.6 Å². The third kappa shape index (κ3) is 3.27. The third-order valence-corrected chi connectivity index (χ3v) is 3.58. The molecule has 2 aromatic rings. The summed E-state index contributed by atoms with van der Waals surface area (Å²) in [5.41, 5.74) is 4.63. The van der Waals surface area contributed by atoms with Gasteiger partial charge in [0.2, 0.25) is 0 Å². The first-order valence-electron chi connectivity index (χ1n) is 5.72. The lowest BCUT2D eigenvalue weighted by Gasteiger charge is -2.11. The molecule has 1 aromatic heterocycles. The van der Waals surface area contributed by atoms with Crippen molar-refractivity contribution in [3.63, 3.8) is 0 Å². The average Bonchev–Trinajstić information content (AvgIpc) is 2.88. The van der Waals surface area contributed by atoms with Crippen LogP contribution in [0.15, 0.2) is 29.6 Å². The number of rotatable bonds is 3. The standard InChI is InChI=1S/C13H11F3N2O2S/c1-20-10-4-5-21-11(10)12(19)18-9-3-2-7(6-8(9)17)13(14,15)16/h2-6H,17H2,1H3,(H,18,19). The van der Waals surface area contributed by atoms with Gasteiger partial charge in [0.25, 0.3) is 5.91 Å². The summed E-state index contributed by atoms with van der Waals surface area (Å²) in [7, 11) is 1.42. The van der Waals surface area contributed by atoms with Crippen LogP contribution in [0.3, 0.4) is 0 Å². The Balaban J connectivity index is 2.22. The van der Waals surface area contributed by atoms with Gasteiger partial charge in [0, 0.05) is 0 Å². The molecule has 1 amide bonds. The highest BCUT2D eigenvalue weighted by Gasteiger charge is 2.31. The molecule has 112 valence electrons. The van der Waals surface area contributed by atoms with Crippen LogP contribution >= 0.6 is 11.3 Å². The zero-order valence-corrected chi connectivity index (χ0v) is 11.6. The maximum atomic E-state index is 12.5. The molecule has 8 heteroatoms. The van der Waals surface area contributed by atoms with E-state index in [9.17, 15) is 18.0 Å². The van der Waals surface area contributed by atoms with Gasteiger partial charge in [-0.05, 0) is 29.6 Å². The Bertz CT molecular complexity index is 668. The number of nitrogen functional groups attached to an aromatic ring is 1. The second-order valence-electron chi connectivity index (χ2n) is 4.07. The Morgan fingerprint density at radius 2 is 2.05 bits per heavy atom. The van der Waals surface area contributed by atoms with Crippen LogP contribution in [0, 0.1) is 0 Å². The number of nitrogens with one attached hydrogen (secondary N) is 1. The largest absolute Gasteiger partial charge is 0.495 e. The Morgan fingerprint density at radius 1 is 1.33 bits per heavy atom. The first-order chi connectivity index (χ1) is 9.82. The Kier molecular flexibility index (Phi) is 4.08. The fourth-order valence-electron chi connectivity index (χ4n) is 1.66. The lowest BCUT2D eigenvalue weighted by molar-refractivity contribution is -0.137. The molecule has 1 aromatic carbocycles. The van der Waals surface area contributed by atoms with Gasteiger partial charge in [-0.3, -0.25) is 4.79 Å². The van der Waals surface area contributed by atoms with E-state index >= 15 is 0 Å². The van der Waals surface area contributed by atoms with E-state index in [0.29, 0.717) is 10.6 Å². The molecule has 0 fully saturated rings. The topological polar surface area (TPSA) is 64.3 Å². The quantitative estimate of drug-likeness (QED) is 0.850. The third-order valence-electron chi connectivity index (χ3n) is 2.68. The van der Waals surface area contributed by atoms with Gasteiger partial charge in [-0.15, -0.1) is 11.3 Å². The molecule has 3 N–H and O–H groups in total. The number of methoxy groups -OCH3 is 1. The molecule has 0 unspecified atom stereocenters. The van der Waals surface area contributed by atoms with Gasteiger partial charge in [-0.2, -0.15) is 13.2 Å². The van der Waals surface area contributed by atoms with Crippen LogP contribution in [0.1, 0.15) is 15.2 Å². The molecule has 0 aliphatic carbocycles. The molecule has 2 rings (SSSR count). The van der Waals surface area contributed by atoms with Crippen molar-refractivity contribution in [3.8, 4) is 5.75 Å². The molecule has 0 aliphatic heterocycles. The van der Waals surface area contributed by atoms with E-state index in [1.807, 2.05) is 0 Å². The number of hydrogen-bond donors (Lipinski definition) is 2. The predicted molar refractivity (Wildman–Crippen MR) is 74.7 cm³/mol. The Hall–Kier alpha value is -2.22. The van der Waals surface area contributed by atoms with E-state index in [0.717, 1.165) is 29.5 Å². The van der Waals surface area contributed by atoms with E-state index in [1.165, 1.54) is 7.11 Å². The summed E-state index contributed by atoms with van der Waals surface area (Å²) < 4.78 is 42.6. The molecule has 0 bridgehead atoms. The second-order valence-corrected chi connectivity index (χ2v) is 4.99. The summed E-state index contributed by atoms with van der Waals surface area (Å²) in [4.78, 5) is 12.3. The number of thiophene rings is 1. The van der Waals surface area contributed by atoms with E-state index in [2.05, 4.69) is 5.32 Å². The number of alkyl halides is 3. The van der Waals surface area contributed by atoms with Gasteiger partial charge in [0.1, 0.15) is 10.6 Å². The molecular weight excluding hydrogens is 305 g/mol. The minimum atomic E-state index is -4.48. The molecule has 21 heavy (non-hydrogen) atoms. The van der Waals surface area contributed by atoms with Gasteiger partial charge >= 0.3 is 6.18 Å². The number of benzene rings is 1. The summed E-state index contributed by atoms with van der Waals surface area (Å²) in [5.74, 6) is -0.101.